The molecule has 3 amide bonds. The SMILES string of the molecule is COc1ccc(NC(=O)Nc2ccc3c(c2)C(=O)N([C@@H](C)CO)C[C@@H](C)[C@@H](CN(C)S(=O)(=O)c2ccc(OC)cc2)OCCCC[C@@H](C)O3)cc1. The topological polar surface area (TPSA) is 156 Å². The van der Waals surface area contributed by atoms with Gasteiger partial charge in [0.15, 0.2) is 0 Å². The molecule has 14 heteroatoms. The number of carbonyl (C=O) groups is 2. The van der Waals surface area contributed by atoms with Crippen LogP contribution in [-0.2, 0) is 14.8 Å². The summed E-state index contributed by atoms with van der Waals surface area (Å²) in [6.07, 6.45) is 1.38. The first-order chi connectivity index (χ1) is 24.4. The molecule has 4 atom stereocenters. The van der Waals surface area contributed by atoms with Crippen molar-refractivity contribution in [1.29, 1.82) is 0 Å². The van der Waals surface area contributed by atoms with Gasteiger partial charge >= 0.3 is 6.03 Å². The average Bonchev–Trinajstić information content (AvgIpc) is 3.12. The number of benzene rings is 3. The number of hydrogen-bond acceptors (Lipinski definition) is 9. The van der Waals surface area contributed by atoms with Crippen LogP contribution in [0.5, 0.6) is 17.2 Å². The zero-order chi connectivity index (χ0) is 37.1. The summed E-state index contributed by atoms with van der Waals surface area (Å²) in [5.41, 5.74) is 1.13. The van der Waals surface area contributed by atoms with Crippen LogP contribution in [0, 0.1) is 5.92 Å². The molecular weight excluding hydrogens is 676 g/mol. The quantitative estimate of drug-likeness (QED) is 0.247. The molecule has 0 saturated heterocycles. The van der Waals surface area contributed by atoms with Crippen molar-refractivity contribution < 1.29 is 42.1 Å². The van der Waals surface area contributed by atoms with E-state index in [0.29, 0.717) is 41.7 Å². The van der Waals surface area contributed by atoms with Gasteiger partial charge in [0, 0.05) is 44.0 Å². The number of aliphatic hydroxyl groups excluding tert-OH is 1. The van der Waals surface area contributed by atoms with E-state index in [4.69, 9.17) is 18.9 Å². The lowest BCUT2D eigenvalue weighted by Crippen LogP contribution is -2.48. The molecule has 0 unspecified atom stereocenters. The number of hydrogen-bond donors (Lipinski definition) is 3. The Balaban J connectivity index is 1.61. The van der Waals surface area contributed by atoms with Gasteiger partial charge in [0.2, 0.25) is 10.0 Å². The maximum Gasteiger partial charge on any atom is 0.323 e. The largest absolute Gasteiger partial charge is 0.497 e. The van der Waals surface area contributed by atoms with E-state index in [2.05, 4.69) is 10.6 Å². The zero-order valence-corrected chi connectivity index (χ0v) is 30.9. The van der Waals surface area contributed by atoms with Crippen LogP contribution in [0.2, 0.25) is 0 Å². The van der Waals surface area contributed by atoms with E-state index in [1.807, 2.05) is 13.8 Å². The molecule has 1 aliphatic rings. The highest BCUT2D eigenvalue weighted by molar-refractivity contribution is 7.89. The number of urea groups is 1. The molecule has 13 nitrogen and oxygen atoms in total. The van der Waals surface area contributed by atoms with Crippen LogP contribution in [-0.4, -0.2) is 100 Å². The fourth-order valence-corrected chi connectivity index (χ4v) is 6.89. The van der Waals surface area contributed by atoms with E-state index >= 15 is 0 Å². The molecule has 0 spiro atoms. The lowest BCUT2D eigenvalue weighted by Gasteiger charge is -2.35. The van der Waals surface area contributed by atoms with E-state index in [1.165, 1.54) is 30.6 Å². The first kappa shape index (κ1) is 39.4. The van der Waals surface area contributed by atoms with E-state index in [0.717, 1.165) is 12.8 Å². The second-order valence-electron chi connectivity index (χ2n) is 12.8. The molecule has 1 heterocycles. The molecule has 4 rings (SSSR count). The van der Waals surface area contributed by atoms with Crippen molar-refractivity contribution in [3.8, 4) is 17.2 Å². The molecule has 3 aromatic carbocycles. The molecule has 3 N–H and O–H groups in total. The number of sulfonamides is 1. The minimum atomic E-state index is -3.86. The Hall–Kier alpha value is -4.37. The maximum atomic E-state index is 14.4. The van der Waals surface area contributed by atoms with Gasteiger partial charge in [-0.05, 0) is 99.8 Å². The lowest BCUT2D eigenvalue weighted by molar-refractivity contribution is -0.00834. The second kappa shape index (κ2) is 18.2. The standard InChI is InChI=1S/C37H50N4O9S/c1-25-22-41(26(2)24-42)36(43)33-21-29(39-37(44)38-28-10-13-30(47-5)14-11-28)12-19-34(33)50-27(3)9-7-8-20-49-35(25)23-40(4)51(45,46)32-17-15-31(48-6)16-18-32/h10-19,21,25-27,35,42H,7-9,20,22-24H2,1-6H3,(H2,38,39,44)/t25-,26+,27-,35-/m1/s1. The number of ether oxygens (including phenoxy) is 4. The maximum absolute atomic E-state index is 14.4. The fourth-order valence-electron chi connectivity index (χ4n) is 5.71. The van der Waals surface area contributed by atoms with E-state index in [-0.39, 0.29) is 42.2 Å². The minimum absolute atomic E-state index is 0.0402. The Morgan fingerprint density at radius 1 is 0.980 bits per heavy atom. The van der Waals surface area contributed by atoms with Gasteiger partial charge in [-0.25, -0.2) is 13.2 Å². The number of likely N-dealkylation sites (N-methyl/N-ethyl adjacent to an activating group) is 1. The third-order valence-corrected chi connectivity index (χ3v) is 10.7. The monoisotopic (exact) mass is 726 g/mol. The summed E-state index contributed by atoms with van der Waals surface area (Å²) < 4.78 is 51.3. The van der Waals surface area contributed by atoms with Crippen molar-refractivity contribution in [1.82, 2.24) is 9.21 Å². The van der Waals surface area contributed by atoms with Crippen molar-refractivity contribution in [2.45, 2.75) is 63.2 Å². The van der Waals surface area contributed by atoms with Gasteiger partial charge in [0.25, 0.3) is 5.91 Å². The predicted octanol–water partition coefficient (Wildman–Crippen LogP) is 5.46. The highest BCUT2D eigenvalue weighted by Crippen LogP contribution is 2.29. The number of fused-ring (bicyclic) bond motifs is 1. The Morgan fingerprint density at radius 2 is 1.59 bits per heavy atom. The summed E-state index contributed by atoms with van der Waals surface area (Å²) in [4.78, 5) is 29.0. The smallest absolute Gasteiger partial charge is 0.323 e. The summed E-state index contributed by atoms with van der Waals surface area (Å²) in [6.45, 7) is 5.82. The van der Waals surface area contributed by atoms with Gasteiger partial charge in [-0.15, -0.1) is 0 Å². The summed E-state index contributed by atoms with van der Waals surface area (Å²) in [7, 11) is 0.718. The highest BCUT2D eigenvalue weighted by Gasteiger charge is 2.32. The van der Waals surface area contributed by atoms with Gasteiger partial charge in [0.05, 0.1) is 49.5 Å². The first-order valence-electron chi connectivity index (χ1n) is 17.0. The zero-order valence-electron chi connectivity index (χ0n) is 30.1. The van der Waals surface area contributed by atoms with Crippen LogP contribution in [0.15, 0.2) is 71.6 Å². The van der Waals surface area contributed by atoms with Crippen LogP contribution in [0.3, 0.4) is 0 Å². The Labute approximate surface area is 300 Å². The van der Waals surface area contributed by atoms with Crippen LogP contribution < -0.4 is 24.8 Å². The number of nitrogens with zero attached hydrogens (tertiary/aromatic N) is 2. The molecule has 51 heavy (non-hydrogen) atoms. The third kappa shape index (κ3) is 10.6. The molecular formula is C37H50N4O9S. The number of carbonyl (C=O) groups excluding carboxylic acids is 2. The molecule has 0 aromatic heterocycles. The molecule has 3 aromatic rings. The molecule has 0 saturated carbocycles. The Bertz CT molecular complexity index is 1700. The van der Waals surface area contributed by atoms with Gasteiger partial charge < -0.3 is 39.6 Å². The highest BCUT2D eigenvalue weighted by atomic mass is 32.2. The van der Waals surface area contributed by atoms with E-state index in [1.54, 1.807) is 73.5 Å². The van der Waals surface area contributed by atoms with Gasteiger partial charge in [-0.2, -0.15) is 4.31 Å². The number of methoxy groups -OCH3 is 2. The normalized spacial score (nSPS) is 19.6. The Morgan fingerprint density at radius 3 is 2.22 bits per heavy atom. The van der Waals surface area contributed by atoms with Crippen molar-refractivity contribution >= 4 is 33.3 Å². The first-order valence-corrected chi connectivity index (χ1v) is 18.5. The number of aliphatic hydroxyl groups is 1. The summed E-state index contributed by atoms with van der Waals surface area (Å²) in [6, 6.07) is 16.8. The predicted molar refractivity (Wildman–Crippen MR) is 195 cm³/mol. The van der Waals surface area contributed by atoms with Crippen LogP contribution in [0.25, 0.3) is 0 Å². The number of rotatable bonds is 10. The van der Waals surface area contributed by atoms with Gasteiger partial charge in [0.1, 0.15) is 17.2 Å². The average molecular weight is 727 g/mol. The summed E-state index contributed by atoms with van der Waals surface area (Å²) in [5.74, 6) is 0.786. The molecule has 0 aliphatic carbocycles. The number of nitrogens with one attached hydrogen (secondary N) is 2. The molecule has 278 valence electrons. The van der Waals surface area contributed by atoms with E-state index < -0.39 is 34.1 Å². The van der Waals surface area contributed by atoms with Gasteiger partial charge in [-0.1, -0.05) is 6.92 Å². The molecule has 0 radical (unpaired) electrons. The van der Waals surface area contributed by atoms with Gasteiger partial charge in [-0.3, -0.25) is 4.79 Å². The minimum Gasteiger partial charge on any atom is -0.497 e. The van der Waals surface area contributed by atoms with Crippen LogP contribution >= 0.6 is 0 Å². The summed E-state index contributed by atoms with van der Waals surface area (Å²) in [5, 5.41) is 15.8. The third-order valence-electron chi connectivity index (χ3n) is 8.86. The second-order valence-corrected chi connectivity index (χ2v) is 14.8. The fraction of sp³-hybridized carbons (Fsp3) is 0.459. The number of amides is 3. The molecule has 1 aliphatic heterocycles. The van der Waals surface area contributed by atoms with Crippen molar-refractivity contribution in [2.24, 2.45) is 5.92 Å². The lowest BCUT2D eigenvalue weighted by atomic mass is 10.0. The molecule has 0 bridgehead atoms. The van der Waals surface area contributed by atoms with Crippen molar-refractivity contribution in [2.75, 3.05) is 58.2 Å². The molecule has 0 fully saturated rings. The van der Waals surface area contributed by atoms with Crippen molar-refractivity contribution in [3.05, 3.63) is 72.3 Å². The van der Waals surface area contributed by atoms with Crippen LogP contribution in [0.1, 0.15) is 50.4 Å². The Kier molecular flexibility index (Phi) is 14.1. The van der Waals surface area contributed by atoms with E-state index in [9.17, 15) is 23.1 Å². The number of anilines is 2. The van der Waals surface area contributed by atoms with Crippen LogP contribution in [0.4, 0.5) is 16.2 Å². The summed E-state index contributed by atoms with van der Waals surface area (Å²) >= 11 is 0. The van der Waals surface area contributed by atoms with Crippen molar-refractivity contribution in [3.63, 3.8) is 0 Å².